The fourth-order valence-corrected chi connectivity index (χ4v) is 2.22. The summed E-state index contributed by atoms with van der Waals surface area (Å²) in [4.78, 5) is 15.1. The minimum absolute atomic E-state index is 0.275. The molecule has 1 aromatic heterocycles. The van der Waals surface area contributed by atoms with Gasteiger partial charge < -0.3 is 0 Å². The maximum Gasteiger partial charge on any atom is 0.151 e. The van der Waals surface area contributed by atoms with Crippen molar-refractivity contribution in [1.29, 1.82) is 0 Å². The first kappa shape index (κ1) is 12.1. The molecule has 1 aromatic carbocycles. The van der Waals surface area contributed by atoms with Crippen molar-refractivity contribution in [1.82, 2.24) is 4.98 Å². The lowest BCUT2D eigenvalue weighted by Crippen LogP contribution is -1.90. The van der Waals surface area contributed by atoms with Crippen LogP contribution in [0, 0.1) is 5.82 Å². The number of carbonyl (C=O) groups is 1. The van der Waals surface area contributed by atoms with Crippen LogP contribution in [0.25, 0.3) is 0 Å². The number of halogens is 2. The van der Waals surface area contributed by atoms with E-state index in [4.69, 9.17) is 11.6 Å². The zero-order valence-corrected chi connectivity index (χ0v) is 10.1. The van der Waals surface area contributed by atoms with Gasteiger partial charge in [0.05, 0.1) is 9.92 Å². The predicted molar refractivity (Wildman–Crippen MR) is 65.2 cm³/mol. The molecule has 0 spiro atoms. The van der Waals surface area contributed by atoms with Crippen LogP contribution in [0.4, 0.5) is 4.39 Å². The Bertz CT molecular complexity index is 545. The van der Waals surface area contributed by atoms with E-state index in [-0.39, 0.29) is 4.90 Å². The zero-order chi connectivity index (χ0) is 12.3. The molecule has 0 fully saturated rings. The van der Waals surface area contributed by atoms with Crippen LogP contribution in [0.15, 0.2) is 46.5 Å². The number of aromatic nitrogens is 1. The quantitative estimate of drug-likeness (QED) is 0.792. The fourth-order valence-electron chi connectivity index (χ4n) is 1.25. The first-order valence-corrected chi connectivity index (χ1v) is 5.93. The van der Waals surface area contributed by atoms with Gasteiger partial charge in [-0.05, 0) is 18.2 Å². The molecule has 0 N–H and O–H groups in total. The van der Waals surface area contributed by atoms with Crippen LogP contribution in [0.3, 0.4) is 0 Å². The molecule has 0 aliphatic rings. The summed E-state index contributed by atoms with van der Waals surface area (Å²) in [6, 6.07) is 7.71. The van der Waals surface area contributed by atoms with Gasteiger partial charge in [0.25, 0.3) is 0 Å². The second-order valence-electron chi connectivity index (χ2n) is 3.19. The number of carbonyl (C=O) groups excluding carboxylic acids is 1. The molecule has 0 radical (unpaired) electrons. The first-order chi connectivity index (χ1) is 8.20. The molecule has 0 amide bonds. The Kier molecular flexibility index (Phi) is 3.76. The number of pyridine rings is 1. The summed E-state index contributed by atoms with van der Waals surface area (Å²) in [7, 11) is 0. The summed E-state index contributed by atoms with van der Waals surface area (Å²) >= 11 is 6.80. The molecule has 2 rings (SSSR count). The van der Waals surface area contributed by atoms with Crippen molar-refractivity contribution in [3.05, 3.63) is 52.9 Å². The summed E-state index contributed by atoms with van der Waals surface area (Å²) in [5, 5.41) is 1.10. The molecule has 0 atom stereocenters. The van der Waals surface area contributed by atoms with Gasteiger partial charge in [-0.3, -0.25) is 4.79 Å². The number of rotatable bonds is 3. The highest BCUT2D eigenvalue weighted by Gasteiger charge is 2.10. The molecule has 0 aliphatic carbocycles. The van der Waals surface area contributed by atoms with E-state index in [2.05, 4.69) is 4.98 Å². The van der Waals surface area contributed by atoms with Crippen molar-refractivity contribution in [2.75, 3.05) is 0 Å². The molecule has 2 nitrogen and oxygen atoms in total. The van der Waals surface area contributed by atoms with Gasteiger partial charge in [-0.2, -0.15) is 0 Å². The van der Waals surface area contributed by atoms with Crippen LogP contribution in [0.2, 0.25) is 5.02 Å². The Balaban J connectivity index is 2.35. The summed E-state index contributed by atoms with van der Waals surface area (Å²) in [6.07, 6.45) is 2.10. The van der Waals surface area contributed by atoms with E-state index in [1.165, 1.54) is 18.3 Å². The zero-order valence-electron chi connectivity index (χ0n) is 8.56. The Morgan fingerprint density at radius 2 is 2.12 bits per heavy atom. The van der Waals surface area contributed by atoms with Crippen LogP contribution in [-0.4, -0.2) is 11.3 Å². The molecule has 0 aliphatic heterocycles. The van der Waals surface area contributed by atoms with Gasteiger partial charge in [0, 0.05) is 11.8 Å². The molecular formula is C12H7ClFNOS. The Morgan fingerprint density at radius 1 is 1.29 bits per heavy atom. The smallest absolute Gasteiger partial charge is 0.151 e. The van der Waals surface area contributed by atoms with Crippen LogP contribution in [-0.2, 0) is 0 Å². The van der Waals surface area contributed by atoms with E-state index in [0.29, 0.717) is 21.9 Å². The number of hydrogen-bond acceptors (Lipinski definition) is 3. The third kappa shape index (κ3) is 2.84. The second-order valence-corrected chi connectivity index (χ2v) is 4.66. The molecular weight excluding hydrogens is 261 g/mol. The normalized spacial score (nSPS) is 10.2. The van der Waals surface area contributed by atoms with Crippen molar-refractivity contribution < 1.29 is 9.18 Å². The summed E-state index contributed by atoms with van der Waals surface area (Å²) in [5.74, 6) is -0.434. The third-order valence-corrected chi connectivity index (χ3v) is 3.34. The van der Waals surface area contributed by atoms with E-state index in [1.54, 1.807) is 18.2 Å². The lowest BCUT2D eigenvalue weighted by Gasteiger charge is -2.05. The van der Waals surface area contributed by atoms with Gasteiger partial charge in [0.1, 0.15) is 10.8 Å². The van der Waals surface area contributed by atoms with Crippen LogP contribution in [0.5, 0.6) is 0 Å². The van der Waals surface area contributed by atoms with Crippen LogP contribution in [0.1, 0.15) is 10.4 Å². The highest BCUT2D eigenvalue weighted by molar-refractivity contribution is 7.99. The second kappa shape index (κ2) is 5.29. The van der Waals surface area contributed by atoms with E-state index in [0.717, 1.165) is 11.8 Å². The van der Waals surface area contributed by atoms with E-state index in [9.17, 15) is 9.18 Å². The Morgan fingerprint density at radius 3 is 2.76 bits per heavy atom. The number of aldehydes is 1. The molecule has 2 aromatic rings. The van der Waals surface area contributed by atoms with Crippen molar-refractivity contribution in [3.8, 4) is 0 Å². The molecule has 86 valence electrons. The van der Waals surface area contributed by atoms with Gasteiger partial charge in [-0.15, -0.1) is 0 Å². The monoisotopic (exact) mass is 267 g/mol. The van der Waals surface area contributed by atoms with Crippen LogP contribution < -0.4 is 0 Å². The average molecular weight is 268 g/mol. The maximum atomic E-state index is 13.6. The summed E-state index contributed by atoms with van der Waals surface area (Å²) in [6.45, 7) is 0. The summed E-state index contributed by atoms with van der Waals surface area (Å²) < 4.78 is 13.6. The average Bonchev–Trinajstić information content (AvgIpc) is 2.34. The largest absolute Gasteiger partial charge is 0.298 e. The van der Waals surface area contributed by atoms with Crippen molar-refractivity contribution in [2.24, 2.45) is 0 Å². The van der Waals surface area contributed by atoms with E-state index >= 15 is 0 Å². The number of hydrogen-bond donors (Lipinski definition) is 0. The van der Waals surface area contributed by atoms with Crippen LogP contribution >= 0.6 is 23.4 Å². The highest BCUT2D eigenvalue weighted by Crippen LogP contribution is 2.31. The number of nitrogens with zero attached hydrogens (tertiary/aromatic N) is 1. The summed E-state index contributed by atoms with van der Waals surface area (Å²) in [5.41, 5.74) is 0.312. The third-order valence-electron chi connectivity index (χ3n) is 2.03. The van der Waals surface area contributed by atoms with Crippen molar-refractivity contribution >= 4 is 29.6 Å². The Labute approximate surface area is 107 Å². The molecule has 0 saturated carbocycles. The predicted octanol–water partition coefficient (Wildman–Crippen LogP) is 3.84. The first-order valence-electron chi connectivity index (χ1n) is 4.74. The van der Waals surface area contributed by atoms with Crippen molar-refractivity contribution in [3.63, 3.8) is 0 Å². The minimum atomic E-state index is -0.434. The molecule has 0 unspecified atom stereocenters. The SMILES string of the molecule is O=Cc1cccc(F)c1Sc1ccc(Cl)cn1. The molecule has 5 heteroatoms. The van der Waals surface area contributed by atoms with Gasteiger partial charge >= 0.3 is 0 Å². The van der Waals surface area contributed by atoms with Gasteiger partial charge in [0.15, 0.2) is 6.29 Å². The number of benzene rings is 1. The Hall–Kier alpha value is -1.39. The molecule has 0 bridgehead atoms. The fraction of sp³-hybridized carbons (Fsp3) is 0. The highest BCUT2D eigenvalue weighted by atomic mass is 35.5. The molecule has 0 saturated heterocycles. The standard InChI is InChI=1S/C12H7ClFNOS/c13-9-4-5-11(15-6-9)17-12-8(7-16)2-1-3-10(12)14/h1-7H. The van der Waals surface area contributed by atoms with Gasteiger partial charge in [-0.1, -0.05) is 35.5 Å². The van der Waals surface area contributed by atoms with E-state index in [1.807, 2.05) is 0 Å². The van der Waals surface area contributed by atoms with Crippen molar-refractivity contribution in [2.45, 2.75) is 9.92 Å². The topological polar surface area (TPSA) is 30.0 Å². The molecule has 17 heavy (non-hydrogen) atoms. The lowest BCUT2D eigenvalue weighted by atomic mass is 10.2. The molecule has 1 heterocycles. The minimum Gasteiger partial charge on any atom is -0.298 e. The van der Waals surface area contributed by atoms with Gasteiger partial charge in [-0.25, -0.2) is 9.37 Å². The van der Waals surface area contributed by atoms with E-state index < -0.39 is 5.82 Å². The maximum absolute atomic E-state index is 13.6. The van der Waals surface area contributed by atoms with Gasteiger partial charge in [0.2, 0.25) is 0 Å². The lowest BCUT2D eigenvalue weighted by molar-refractivity contribution is 0.112.